The van der Waals surface area contributed by atoms with Crippen LogP contribution in [0.25, 0.3) is 0 Å². The van der Waals surface area contributed by atoms with E-state index in [2.05, 4.69) is 20.8 Å². The fourth-order valence-corrected chi connectivity index (χ4v) is 2.76. The molecule has 0 saturated carbocycles. The molecule has 1 aromatic rings. The van der Waals surface area contributed by atoms with Gasteiger partial charge in [0.1, 0.15) is 19.6 Å². The van der Waals surface area contributed by atoms with Gasteiger partial charge in [-0.25, -0.2) is 0 Å². The van der Waals surface area contributed by atoms with Crippen molar-refractivity contribution in [3.63, 3.8) is 0 Å². The van der Waals surface area contributed by atoms with Crippen LogP contribution in [0, 0.1) is 0 Å². The van der Waals surface area contributed by atoms with E-state index < -0.39 is 0 Å². The Labute approximate surface area is 127 Å². The SMILES string of the molecule is CC[NH+](CC)CC[NH+](CC)Cc1ccc(Cl)cc1Cl. The molecule has 0 fully saturated rings. The highest BCUT2D eigenvalue weighted by molar-refractivity contribution is 6.35. The molecule has 2 nitrogen and oxygen atoms in total. The molecule has 0 heterocycles. The average Bonchev–Trinajstić information content (AvgIpc) is 2.41. The molecule has 108 valence electrons. The average molecular weight is 305 g/mol. The molecule has 1 aromatic carbocycles. The summed E-state index contributed by atoms with van der Waals surface area (Å²) in [6, 6.07) is 5.80. The summed E-state index contributed by atoms with van der Waals surface area (Å²) in [6.45, 7) is 13.7. The van der Waals surface area contributed by atoms with E-state index in [-0.39, 0.29) is 0 Å². The van der Waals surface area contributed by atoms with Crippen molar-refractivity contribution in [2.75, 3.05) is 32.7 Å². The molecule has 0 radical (unpaired) electrons. The lowest BCUT2D eigenvalue weighted by Crippen LogP contribution is -3.19. The van der Waals surface area contributed by atoms with Crippen molar-refractivity contribution >= 4 is 23.2 Å². The number of rotatable bonds is 8. The Balaban J connectivity index is 2.56. The van der Waals surface area contributed by atoms with Crippen molar-refractivity contribution in [3.8, 4) is 0 Å². The minimum atomic E-state index is 0.708. The molecule has 1 rings (SSSR count). The van der Waals surface area contributed by atoms with Crippen LogP contribution in [0.15, 0.2) is 18.2 Å². The number of nitrogens with one attached hydrogen (secondary N) is 2. The van der Waals surface area contributed by atoms with Crippen molar-refractivity contribution in [2.45, 2.75) is 27.3 Å². The van der Waals surface area contributed by atoms with Crippen molar-refractivity contribution < 1.29 is 9.80 Å². The Bertz CT molecular complexity index is 378. The molecule has 1 atom stereocenters. The molecule has 0 saturated heterocycles. The maximum Gasteiger partial charge on any atom is 0.127 e. The van der Waals surface area contributed by atoms with Crippen molar-refractivity contribution in [3.05, 3.63) is 33.8 Å². The Kier molecular flexibility index (Phi) is 7.77. The Hall–Kier alpha value is -0.280. The smallest absolute Gasteiger partial charge is 0.127 e. The van der Waals surface area contributed by atoms with Crippen LogP contribution < -0.4 is 9.80 Å². The molecule has 0 aliphatic rings. The summed E-state index contributed by atoms with van der Waals surface area (Å²) in [5.41, 5.74) is 1.19. The molecule has 1 unspecified atom stereocenters. The van der Waals surface area contributed by atoms with Gasteiger partial charge in [0.15, 0.2) is 0 Å². The minimum absolute atomic E-state index is 0.708. The minimum Gasteiger partial charge on any atom is -0.331 e. The van der Waals surface area contributed by atoms with Crippen LogP contribution in [0.2, 0.25) is 10.0 Å². The molecule has 0 aliphatic heterocycles. The van der Waals surface area contributed by atoms with Gasteiger partial charge in [0, 0.05) is 10.6 Å². The second-order valence-electron chi connectivity index (χ2n) is 4.97. The first-order valence-corrected chi connectivity index (χ1v) is 7.97. The van der Waals surface area contributed by atoms with E-state index in [4.69, 9.17) is 23.2 Å². The van der Waals surface area contributed by atoms with E-state index >= 15 is 0 Å². The zero-order valence-corrected chi connectivity index (χ0v) is 13.7. The van der Waals surface area contributed by atoms with Crippen LogP contribution in [0.1, 0.15) is 26.3 Å². The first-order chi connectivity index (χ1) is 9.10. The Morgan fingerprint density at radius 1 is 0.895 bits per heavy atom. The second-order valence-corrected chi connectivity index (χ2v) is 5.82. The number of hydrogen-bond donors (Lipinski definition) is 2. The van der Waals surface area contributed by atoms with Gasteiger partial charge in [-0.15, -0.1) is 0 Å². The number of quaternary nitrogens is 2. The first kappa shape index (κ1) is 16.8. The van der Waals surface area contributed by atoms with Crippen LogP contribution in [-0.4, -0.2) is 32.7 Å². The lowest BCUT2D eigenvalue weighted by atomic mass is 10.2. The zero-order valence-electron chi connectivity index (χ0n) is 12.2. The van der Waals surface area contributed by atoms with E-state index in [9.17, 15) is 0 Å². The van der Waals surface area contributed by atoms with Crippen molar-refractivity contribution in [1.29, 1.82) is 0 Å². The lowest BCUT2D eigenvalue weighted by Gasteiger charge is -2.21. The third-order valence-corrected chi connectivity index (χ3v) is 4.37. The molecular formula is C15H26Cl2N2+2. The summed E-state index contributed by atoms with van der Waals surface area (Å²) in [4.78, 5) is 3.23. The highest BCUT2D eigenvalue weighted by Crippen LogP contribution is 2.20. The van der Waals surface area contributed by atoms with Crippen molar-refractivity contribution in [1.82, 2.24) is 0 Å². The monoisotopic (exact) mass is 304 g/mol. The lowest BCUT2D eigenvalue weighted by molar-refractivity contribution is -0.962. The number of likely N-dealkylation sites (N-methyl/N-ethyl adjacent to an activating group) is 2. The van der Waals surface area contributed by atoms with Gasteiger partial charge < -0.3 is 9.80 Å². The second kappa shape index (κ2) is 8.80. The molecular weight excluding hydrogens is 279 g/mol. The van der Waals surface area contributed by atoms with E-state index in [1.807, 2.05) is 18.2 Å². The van der Waals surface area contributed by atoms with E-state index in [1.165, 1.54) is 31.7 Å². The summed E-state index contributed by atoms with van der Waals surface area (Å²) < 4.78 is 0. The third kappa shape index (κ3) is 5.70. The maximum atomic E-state index is 6.24. The van der Waals surface area contributed by atoms with E-state index in [0.29, 0.717) is 5.02 Å². The highest BCUT2D eigenvalue weighted by Gasteiger charge is 2.13. The Morgan fingerprint density at radius 3 is 2.00 bits per heavy atom. The molecule has 4 heteroatoms. The van der Waals surface area contributed by atoms with Crippen molar-refractivity contribution in [2.24, 2.45) is 0 Å². The number of hydrogen-bond acceptors (Lipinski definition) is 0. The largest absolute Gasteiger partial charge is 0.331 e. The molecule has 0 bridgehead atoms. The molecule has 0 amide bonds. The van der Waals surface area contributed by atoms with E-state index in [1.54, 1.807) is 9.80 Å². The maximum absolute atomic E-state index is 6.24. The quantitative estimate of drug-likeness (QED) is 0.717. The van der Waals surface area contributed by atoms with Crippen LogP contribution in [-0.2, 0) is 6.54 Å². The highest BCUT2D eigenvalue weighted by atomic mass is 35.5. The van der Waals surface area contributed by atoms with Crippen LogP contribution in [0.5, 0.6) is 0 Å². The fraction of sp³-hybridized carbons (Fsp3) is 0.600. The summed E-state index contributed by atoms with van der Waals surface area (Å²) in [5, 5.41) is 1.49. The normalized spacial score (nSPS) is 12.9. The summed E-state index contributed by atoms with van der Waals surface area (Å²) in [6.07, 6.45) is 0. The summed E-state index contributed by atoms with van der Waals surface area (Å²) >= 11 is 12.2. The van der Waals surface area contributed by atoms with Gasteiger partial charge in [-0.2, -0.15) is 0 Å². The molecule has 0 aromatic heterocycles. The third-order valence-electron chi connectivity index (χ3n) is 3.79. The van der Waals surface area contributed by atoms with Gasteiger partial charge in [-0.3, -0.25) is 0 Å². The summed E-state index contributed by atoms with van der Waals surface area (Å²) in [7, 11) is 0. The number of halogens is 2. The van der Waals surface area contributed by atoms with Gasteiger partial charge in [0.2, 0.25) is 0 Å². The molecule has 0 spiro atoms. The summed E-state index contributed by atoms with van der Waals surface area (Å²) in [5.74, 6) is 0. The predicted molar refractivity (Wildman–Crippen MR) is 83.4 cm³/mol. The van der Waals surface area contributed by atoms with Gasteiger partial charge in [0.05, 0.1) is 24.7 Å². The standard InChI is InChI=1S/C15H24Cl2N2/c1-4-18(5-2)9-10-19(6-3)12-13-7-8-14(16)11-15(13)17/h7-8,11H,4-6,9-10,12H2,1-3H3/p+2. The molecule has 0 aliphatic carbocycles. The van der Waals surface area contributed by atoms with E-state index in [0.717, 1.165) is 18.1 Å². The van der Waals surface area contributed by atoms with Gasteiger partial charge in [-0.05, 0) is 32.9 Å². The van der Waals surface area contributed by atoms with Crippen LogP contribution in [0.3, 0.4) is 0 Å². The molecule has 2 N–H and O–H groups in total. The number of benzene rings is 1. The Morgan fingerprint density at radius 2 is 1.47 bits per heavy atom. The zero-order chi connectivity index (χ0) is 14.3. The predicted octanol–water partition coefficient (Wildman–Crippen LogP) is 1.32. The fourth-order valence-electron chi connectivity index (χ4n) is 2.28. The van der Waals surface area contributed by atoms with Gasteiger partial charge >= 0.3 is 0 Å². The van der Waals surface area contributed by atoms with Gasteiger partial charge in [0.25, 0.3) is 0 Å². The van der Waals surface area contributed by atoms with Gasteiger partial charge in [-0.1, -0.05) is 29.3 Å². The van der Waals surface area contributed by atoms with Crippen LogP contribution >= 0.6 is 23.2 Å². The topological polar surface area (TPSA) is 8.88 Å². The first-order valence-electron chi connectivity index (χ1n) is 7.21. The van der Waals surface area contributed by atoms with Crippen LogP contribution in [0.4, 0.5) is 0 Å². The molecule has 19 heavy (non-hydrogen) atoms.